The third kappa shape index (κ3) is 7.13. The van der Waals surface area contributed by atoms with Gasteiger partial charge in [-0.15, -0.1) is 0 Å². The Morgan fingerprint density at radius 3 is 2.41 bits per heavy atom. The van der Waals surface area contributed by atoms with Crippen molar-refractivity contribution < 1.29 is 14.5 Å². The Morgan fingerprint density at radius 2 is 1.83 bits per heavy atom. The van der Waals surface area contributed by atoms with Gasteiger partial charge in [-0.3, -0.25) is 19.7 Å². The minimum atomic E-state index is -0.469. The lowest BCUT2D eigenvalue weighted by molar-refractivity contribution is -0.380. The smallest absolute Gasteiger partial charge is 0.324 e. The number of rotatable bonds is 10. The van der Waals surface area contributed by atoms with E-state index in [0.717, 1.165) is 31.0 Å². The molecular formula is C20H24N4O4S. The third-order valence-corrected chi connectivity index (χ3v) is 5.22. The van der Waals surface area contributed by atoms with Gasteiger partial charge in [-0.25, -0.2) is 0 Å². The van der Waals surface area contributed by atoms with Crippen molar-refractivity contribution in [3.8, 4) is 0 Å². The predicted molar refractivity (Wildman–Crippen MR) is 115 cm³/mol. The Kier molecular flexibility index (Phi) is 8.50. The number of amides is 2. The van der Waals surface area contributed by atoms with Crippen molar-refractivity contribution in [1.29, 1.82) is 0 Å². The minimum absolute atomic E-state index is 0.0241. The molecule has 0 radical (unpaired) electrons. The van der Waals surface area contributed by atoms with E-state index in [1.54, 1.807) is 30.3 Å². The second-order valence-corrected chi connectivity index (χ2v) is 7.21. The maximum Gasteiger partial charge on any atom is 0.324 e. The molecule has 0 aliphatic carbocycles. The number of carbonyl (C=O) groups excluding carboxylic acids is 2. The largest absolute Gasteiger partial charge is 0.351 e. The molecule has 0 saturated heterocycles. The molecule has 2 aromatic rings. The monoisotopic (exact) mass is 416 g/mol. The molecule has 0 spiro atoms. The van der Waals surface area contributed by atoms with Gasteiger partial charge < -0.3 is 15.5 Å². The first kappa shape index (κ1) is 22.3. The van der Waals surface area contributed by atoms with E-state index in [-0.39, 0.29) is 16.8 Å². The zero-order chi connectivity index (χ0) is 21.2. The predicted octanol–water partition coefficient (Wildman–Crippen LogP) is 3.38. The minimum Gasteiger partial charge on any atom is -0.351 e. The van der Waals surface area contributed by atoms with E-state index in [0.29, 0.717) is 22.7 Å². The lowest BCUT2D eigenvalue weighted by Gasteiger charge is -2.17. The lowest BCUT2D eigenvalue weighted by Crippen LogP contribution is -2.34. The zero-order valence-corrected chi connectivity index (χ0v) is 17.2. The van der Waals surface area contributed by atoms with E-state index in [1.807, 2.05) is 0 Å². The number of thiophene rings is 1. The van der Waals surface area contributed by atoms with Crippen LogP contribution in [0.2, 0.25) is 0 Å². The summed E-state index contributed by atoms with van der Waals surface area (Å²) in [6.45, 7) is 7.42. The zero-order valence-electron chi connectivity index (χ0n) is 16.4. The summed E-state index contributed by atoms with van der Waals surface area (Å²) in [5, 5.41) is 16.3. The molecule has 1 aromatic carbocycles. The van der Waals surface area contributed by atoms with Crippen molar-refractivity contribution in [1.82, 2.24) is 10.2 Å². The van der Waals surface area contributed by atoms with E-state index >= 15 is 0 Å². The van der Waals surface area contributed by atoms with Crippen molar-refractivity contribution in [3.63, 3.8) is 0 Å². The summed E-state index contributed by atoms with van der Waals surface area (Å²) in [6, 6.07) is 9.58. The maximum absolute atomic E-state index is 12.2. The number of nitrogens with zero attached hydrogens (tertiary/aromatic N) is 2. The van der Waals surface area contributed by atoms with Crippen LogP contribution < -0.4 is 10.6 Å². The summed E-state index contributed by atoms with van der Waals surface area (Å²) in [7, 11) is 0. The summed E-state index contributed by atoms with van der Waals surface area (Å²) >= 11 is 0.992. The lowest BCUT2D eigenvalue weighted by atomic mass is 10.2. The number of hydrogen-bond donors (Lipinski definition) is 2. The van der Waals surface area contributed by atoms with Gasteiger partial charge in [0.1, 0.15) is 0 Å². The van der Waals surface area contributed by atoms with Crippen LogP contribution in [0.4, 0.5) is 10.7 Å². The van der Waals surface area contributed by atoms with Gasteiger partial charge in [0.05, 0.1) is 4.92 Å². The number of hydrogen-bond acceptors (Lipinski definition) is 6. The van der Waals surface area contributed by atoms with E-state index in [4.69, 9.17) is 0 Å². The van der Waals surface area contributed by atoms with Gasteiger partial charge in [-0.1, -0.05) is 25.2 Å². The number of nitro groups is 1. The average Bonchev–Trinajstić information content (AvgIpc) is 3.19. The van der Waals surface area contributed by atoms with Crippen LogP contribution in [0.15, 0.2) is 42.5 Å². The molecule has 2 N–H and O–H groups in total. The SMILES string of the molecule is CCN(CC)CCNC(=O)c1ccc(NC(=O)/C=C/c2ccc([N+](=O)[O-])s2)cc1. The van der Waals surface area contributed by atoms with Crippen molar-refractivity contribution in [2.24, 2.45) is 0 Å². The van der Waals surface area contributed by atoms with Crippen LogP contribution in [0.25, 0.3) is 6.08 Å². The van der Waals surface area contributed by atoms with E-state index in [1.165, 1.54) is 18.2 Å². The molecular weight excluding hydrogens is 392 g/mol. The highest BCUT2D eigenvalue weighted by molar-refractivity contribution is 7.16. The number of likely N-dealkylation sites (N-methyl/N-ethyl adjacent to an activating group) is 1. The summed E-state index contributed by atoms with van der Waals surface area (Å²) in [5.74, 6) is -0.522. The number of carbonyl (C=O) groups is 2. The van der Waals surface area contributed by atoms with Crippen molar-refractivity contribution in [2.45, 2.75) is 13.8 Å². The molecule has 1 heterocycles. The summed E-state index contributed by atoms with van der Waals surface area (Å²) in [6.07, 6.45) is 2.83. The third-order valence-electron chi connectivity index (χ3n) is 4.21. The molecule has 0 unspecified atom stereocenters. The molecule has 8 nitrogen and oxygen atoms in total. The van der Waals surface area contributed by atoms with Gasteiger partial charge >= 0.3 is 5.00 Å². The number of nitrogens with one attached hydrogen (secondary N) is 2. The van der Waals surface area contributed by atoms with Crippen molar-refractivity contribution in [2.75, 3.05) is 31.5 Å². The Labute approximate surface area is 173 Å². The van der Waals surface area contributed by atoms with Crippen LogP contribution in [0.5, 0.6) is 0 Å². The second-order valence-electron chi connectivity index (χ2n) is 6.12. The maximum atomic E-state index is 12.2. The summed E-state index contributed by atoms with van der Waals surface area (Å²) in [4.78, 5) is 37.2. The average molecular weight is 417 g/mol. The van der Waals surface area contributed by atoms with Crippen molar-refractivity contribution in [3.05, 3.63) is 63.0 Å². The van der Waals surface area contributed by atoms with Crippen LogP contribution in [-0.2, 0) is 4.79 Å². The fourth-order valence-corrected chi connectivity index (χ4v) is 3.27. The fraction of sp³-hybridized carbons (Fsp3) is 0.300. The van der Waals surface area contributed by atoms with E-state index in [9.17, 15) is 19.7 Å². The van der Waals surface area contributed by atoms with Crippen LogP contribution in [0, 0.1) is 10.1 Å². The first-order chi connectivity index (χ1) is 13.9. The Balaban J connectivity index is 1.84. The van der Waals surface area contributed by atoms with Gasteiger partial charge in [-0.05, 0) is 49.5 Å². The second kappa shape index (κ2) is 11.1. The molecule has 29 heavy (non-hydrogen) atoms. The van der Waals surface area contributed by atoms with Crippen LogP contribution >= 0.6 is 11.3 Å². The van der Waals surface area contributed by atoms with Gasteiger partial charge in [0, 0.05) is 41.4 Å². The molecule has 2 amide bonds. The number of benzene rings is 1. The van der Waals surface area contributed by atoms with E-state index < -0.39 is 4.92 Å². The van der Waals surface area contributed by atoms with E-state index in [2.05, 4.69) is 29.4 Å². The molecule has 9 heteroatoms. The van der Waals surface area contributed by atoms with Crippen LogP contribution in [-0.4, -0.2) is 47.8 Å². The molecule has 0 bridgehead atoms. The molecule has 2 rings (SSSR count). The number of anilines is 1. The molecule has 0 atom stereocenters. The molecule has 0 aliphatic heterocycles. The van der Waals surface area contributed by atoms with Crippen LogP contribution in [0.3, 0.4) is 0 Å². The highest BCUT2D eigenvalue weighted by atomic mass is 32.1. The molecule has 0 saturated carbocycles. The highest BCUT2D eigenvalue weighted by Gasteiger charge is 2.09. The molecule has 0 aliphatic rings. The first-order valence-corrected chi connectivity index (χ1v) is 10.1. The molecule has 1 aromatic heterocycles. The van der Waals surface area contributed by atoms with Gasteiger partial charge in [0.2, 0.25) is 5.91 Å². The Morgan fingerprint density at radius 1 is 1.14 bits per heavy atom. The Hall–Kier alpha value is -3.04. The molecule has 0 fully saturated rings. The van der Waals surface area contributed by atoms with Gasteiger partial charge in [-0.2, -0.15) is 0 Å². The van der Waals surface area contributed by atoms with Gasteiger partial charge in [0.15, 0.2) is 0 Å². The first-order valence-electron chi connectivity index (χ1n) is 9.26. The van der Waals surface area contributed by atoms with Gasteiger partial charge in [0.25, 0.3) is 5.91 Å². The van der Waals surface area contributed by atoms with Crippen molar-refractivity contribution >= 4 is 39.9 Å². The fourth-order valence-electron chi connectivity index (χ4n) is 2.55. The Bertz CT molecular complexity index is 873. The molecule has 154 valence electrons. The quantitative estimate of drug-likeness (QED) is 0.351. The topological polar surface area (TPSA) is 105 Å². The highest BCUT2D eigenvalue weighted by Crippen LogP contribution is 2.24. The summed E-state index contributed by atoms with van der Waals surface area (Å²) < 4.78 is 0. The normalized spacial score (nSPS) is 11.0. The summed E-state index contributed by atoms with van der Waals surface area (Å²) in [5.41, 5.74) is 1.07. The standard InChI is InChI=1S/C20H24N4O4S/c1-3-23(4-2)14-13-21-20(26)15-5-7-16(8-6-15)22-18(25)11-9-17-10-12-19(29-17)24(27)28/h5-12H,3-4,13-14H2,1-2H3,(H,21,26)(H,22,25)/b11-9+. The van der Waals surface area contributed by atoms with Crippen LogP contribution in [0.1, 0.15) is 29.1 Å².